The molecule has 0 aliphatic rings. The van der Waals surface area contributed by atoms with Crippen molar-refractivity contribution in [1.82, 2.24) is 10.6 Å². The van der Waals surface area contributed by atoms with Gasteiger partial charge in [-0.15, -0.1) is 0 Å². The van der Waals surface area contributed by atoms with Crippen LogP contribution in [0.5, 0.6) is 0 Å². The molecule has 1 unspecified atom stereocenters. The molecule has 0 bridgehead atoms. The molecular weight excluding hydrogens is 406 g/mol. The minimum absolute atomic E-state index is 0.0782. The minimum Gasteiger partial charge on any atom is -0.322 e. The molecule has 4 nitrogen and oxygen atoms in total. The van der Waals surface area contributed by atoms with Crippen molar-refractivity contribution in [3.05, 3.63) is 101 Å². The quantitative estimate of drug-likeness (QED) is 0.397. The maximum Gasteiger partial charge on any atom is 0.257 e. The summed E-state index contributed by atoms with van der Waals surface area (Å²) < 4.78 is 0. The number of hydrogen-bond acceptors (Lipinski definition) is 3. The van der Waals surface area contributed by atoms with Crippen LogP contribution in [0.1, 0.15) is 48.3 Å². The Morgan fingerprint density at radius 3 is 2.42 bits per heavy atom. The van der Waals surface area contributed by atoms with Gasteiger partial charge in [-0.1, -0.05) is 66.2 Å². The van der Waals surface area contributed by atoms with Gasteiger partial charge >= 0.3 is 0 Å². The van der Waals surface area contributed by atoms with E-state index in [4.69, 9.17) is 11.6 Å². The molecule has 0 saturated carbocycles. The lowest BCUT2D eigenvalue weighted by atomic mass is 10.0. The molecule has 3 rings (SSSR count). The van der Waals surface area contributed by atoms with E-state index in [1.165, 1.54) is 5.56 Å². The smallest absolute Gasteiger partial charge is 0.257 e. The highest BCUT2D eigenvalue weighted by atomic mass is 35.5. The molecule has 0 aliphatic heterocycles. The van der Waals surface area contributed by atoms with E-state index in [9.17, 15) is 4.79 Å². The van der Waals surface area contributed by atoms with Crippen LogP contribution in [0, 0.1) is 0 Å². The summed E-state index contributed by atoms with van der Waals surface area (Å²) in [5.74, 6) is -0.212. The SMILES string of the molecule is CC(NC(C)(C)CNCc1cccc(NC(=O)c2ccccc2Cl)c1)c1ccccc1. The van der Waals surface area contributed by atoms with E-state index in [1.807, 2.05) is 36.4 Å². The van der Waals surface area contributed by atoms with E-state index in [1.54, 1.807) is 18.2 Å². The highest BCUT2D eigenvalue weighted by Gasteiger charge is 2.20. The fourth-order valence-electron chi connectivity index (χ4n) is 3.58. The lowest BCUT2D eigenvalue weighted by Gasteiger charge is -2.31. The highest BCUT2D eigenvalue weighted by molar-refractivity contribution is 6.34. The number of carbonyl (C=O) groups excluding carboxylic acids is 1. The first-order chi connectivity index (χ1) is 14.8. The first-order valence-corrected chi connectivity index (χ1v) is 10.9. The Kier molecular flexibility index (Phi) is 7.85. The number of hydrogen-bond donors (Lipinski definition) is 3. The van der Waals surface area contributed by atoms with Gasteiger partial charge in [0.25, 0.3) is 5.91 Å². The second-order valence-electron chi connectivity index (χ2n) is 8.40. The molecule has 31 heavy (non-hydrogen) atoms. The number of nitrogens with one attached hydrogen (secondary N) is 3. The first-order valence-electron chi connectivity index (χ1n) is 10.5. The van der Waals surface area contributed by atoms with Crippen molar-refractivity contribution in [3.8, 4) is 0 Å². The second kappa shape index (κ2) is 10.6. The zero-order valence-corrected chi connectivity index (χ0v) is 19.0. The summed E-state index contributed by atoms with van der Waals surface area (Å²) in [5, 5.41) is 10.6. The third-order valence-electron chi connectivity index (χ3n) is 5.11. The molecule has 1 amide bonds. The van der Waals surface area contributed by atoms with E-state index in [-0.39, 0.29) is 17.5 Å². The number of halogens is 1. The van der Waals surface area contributed by atoms with Crippen LogP contribution in [0.25, 0.3) is 0 Å². The zero-order chi connectivity index (χ0) is 22.3. The van der Waals surface area contributed by atoms with Gasteiger partial charge in [0.1, 0.15) is 0 Å². The molecule has 1 atom stereocenters. The van der Waals surface area contributed by atoms with Crippen LogP contribution >= 0.6 is 11.6 Å². The predicted octanol–water partition coefficient (Wildman–Crippen LogP) is 5.81. The van der Waals surface area contributed by atoms with Crippen molar-refractivity contribution in [2.24, 2.45) is 0 Å². The van der Waals surface area contributed by atoms with E-state index >= 15 is 0 Å². The Morgan fingerprint density at radius 2 is 1.68 bits per heavy atom. The largest absolute Gasteiger partial charge is 0.322 e. The molecule has 162 valence electrons. The van der Waals surface area contributed by atoms with Crippen LogP contribution in [0.2, 0.25) is 5.02 Å². The Labute approximate surface area is 190 Å². The third-order valence-corrected chi connectivity index (χ3v) is 5.44. The van der Waals surface area contributed by atoms with Crippen molar-refractivity contribution >= 4 is 23.2 Å². The van der Waals surface area contributed by atoms with Gasteiger partial charge in [-0.3, -0.25) is 4.79 Å². The van der Waals surface area contributed by atoms with Crippen molar-refractivity contribution in [2.75, 3.05) is 11.9 Å². The Balaban J connectivity index is 1.53. The predicted molar refractivity (Wildman–Crippen MR) is 130 cm³/mol. The van der Waals surface area contributed by atoms with Crippen LogP contribution in [0.15, 0.2) is 78.9 Å². The monoisotopic (exact) mass is 435 g/mol. The molecule has 0 saturated heterocycles. The molecule has 0 aromatic heterocycles. The first kappa shape index (κ1) is 23.0. The topological polar surface area (TPSA) is 53.2 Å². The normalized spacial score (nSPS) is 12.4. The summed E-state index contributed by atoms with van der Waals surface area (Å²) in [6.45, 7) is 8.09. The Morgan fingerprint density at radius 1 is 0.968 bits per heavy atom. The maximum atomic E-state index is 12.5. The van der Waals surface area contributed by atoms with E-state index < -0.39 is 0 Å². The van der Waals surface area contributed by atoms with E-state index in [0.717, 1.165) is 17.8 Å². The zero-order valence-electron chi connectivity index (χ0n) is 18.3. The number of anilines is 1. The minimum atomic E-state index is -0.212. The summed E-state index contributed by atoms with van der Waals surface area (Å²) in [6.07, 6.45) is 0. The molecule has 5 heteroatoms. The summed E-state index contributed by atoms with van der Waals surface area (Å²) in [5.41, 5.74) is 3.51. The van der Waals surface area contributed by atoms with Gasteiger partial charge < -0.3 is 16.0 Å². The number of rotatable bonds is 9. The number of benzene rings is 3. The molecule has 0 radical (unpaired) electrons. The number of amides is 1. The van der Waals surface area contributed by atoms with Crippen molar-refractivity contribution in [1.29, 1.82) is 0 Å². The lowest BCUT2D eigenvalue weighted by Crippen LogP contribution is -2.48. The van der Waals surface area contributed by atoms with Crippen LogP contribution in [-0.4, -0.2) is 18.0 Å². The molecule has 0 heterocycles. The molecule has 3 aromatic rings. The van der Waals surface area contributed by atoms with Gasteiger partial charge in [-0.2, -0.15) is 0 Å². The Hall–Kier alpha value is -2.66. The molecule has 0 aliphatic carbocycles. The lowest BCUT2D eigenvalue weighted by molar-refractivity contribution is 0.102. The van der Waals surface area contributed by atoms with Crippen LogP contribution < -0.4 is 16.0 Å². The summed E-state index contributed by atoms with van der Waals surface area (Å²) in [6, 6.07) is 25.6. The highest BCUT2D eigenvalue weighted by Crippen LogP contribution is 2.19. The van der Waals surface area contributed by atoms with Crippen molar-refractivity contribution < 1.29 is 4.79 Å². The molecular formula is C26H30ClN3O. The summed E-state index contributed by atoms with van der Waals surface area (Å²) in [4.78, 5) is 12.5. The third kappa shape index (κ3) is 6.93. The van der Waals surface area contributed by atoms with Crippen molar-refractivity contribution in [3.63, 3.8) is 0 Å². The van der Waals surface area contributed by atoms with Gasteiger partial charge in [0, 0.05) is 30.4 Å². The van der Waals surface area contributed by atoms with Gasteiger partial charge in [0.05, 0.1) is 10.6 Å². The molecule has 0 fully saturated rings. The Bertz CT molecular complexity index is 1000. The van der Waals surface area contributed by atoms with Gasteiger partial charge in [-0.05, 0) is 56.2 Å². The van der Waals surface area contributed by atoms with Crippen LogP contribution in [0.4, 0.5) is 5.69 Å². The molecule has 3 aromatic carbocycles. The fraction of sp³-hybridized carbons (Fsp3) is 0.269. The average molecular weight is 436 g/mol. The number of carbonyl (C=O) groups is 1. The van der Waals surface area contributed by atoms with Gasteiger partial charge in [-0.25, -0.2) is 0 Å². The van der Waals surface area contributed by atoms with Crippen LogP contribution in [-0.2, 0) is 6.54 Å². The average Bonchev–Trinajstić information content (AvgIpc) is 2.74. The summed E-state index contributed by atoms with van der Waals surface area (Å²) >= 11 is 6.13. The molecule has 3 N–H and O–H groups in total. The van der Waals surface area contributed by atoms with Crippen LogP contribution in [0.3, 0.4) is 0 Å². The fourth-order valence-corrected chi connectivity index (χ4v) is 3.81. The summed E-state index contributed by atoms with van der Waals surface area (Å²) in [7, 11) is 0. The second-order valence-corrected chi connectivity index (χ2v) is 8.81. The van der Waals surface area contributed by atoms with E-state index in [2.05, 4.69) is 61.0 Å². The van der Waals surface area contributed by atoms with Gasteiger partial charge in [0.2, 0.25) is 0 Å². The standard InChI is InChI=1S/C26H30ClN3O/c1-19(21-11-5-4-6-12-21)30-26(2,3)18-28-17-20-10-9-13-22(16-20)29-25(31)23-14-7-8-15-24(23)27/h4-16,19,28,30H,17-18H2,1-3H3,(H,29,31). The van der Waals surface area contributed by atoms with Crippen molar-refractivity contribution in [2.45, 2.75) is 38.9 Å². The maximum absolute atomic E-state index is 12.5. The van der Waals surface area contributed by atoms with Gasteiger partial charge in [0.15, 0.2) is 0 Å². The van der Waals surface area contributed by atoms with E-state index in [0.29, 0.717) is 17.1 Å². The molecule has 0 spiro atoms.